The normalized spacial score (nSPS) is 10.6. The summed E-state index contributed by atoms with van der Waals surface area (Å²) >= 11 is 0. The van der Waals surface area contributed by atoms with Crippen LogP contribution in [-0.4, -0.2) is 33.4 Å². The third kappa shape index (κ3) is 3.92. The van der Waals surface area contributed by atoms with Crippen LogP contribution in [0.25, 0.3) is 0 Å². The Kier molecular flexibility index (Phi) is 5.11. The van der Waals surface area contributed by atoms with Gasteiger partial charge in [-0.25, -0.2) is 4.98 Å². The lowest BCUT2D eigenvalue weighted by atomic mass is 10.1. The molecule has 5 heteroatoms. The number of nitrogens with two attached hydrogens (primary N) is 1. The van der Waals surface area contributed by atoms with E-state index in [1.807, 2.05) is 23.6 Å². The van der Waals surface area contributed by atoms with E-state index in [0.29, 0.717) is 31.9 Å². The number of hydrogen-bond donors (Lipinski definition) is 1. The number of hydrogen-bond acceptors (Lipinski definition) is 3. The Hall–Kier alpha value is -2.14. The molecule has 0 fully saturated rings. The number of aromatic nitrogens is 2. The van der Waals surface area contributed by atoms with Crippen LogP contribution in [0.1, 0.15) is 28.5 Å². The summed E-state index contributed by atoms with van der Waals surface area (Å²) in [4.78, 5) is 18.5. The van der Waals surface area contributed by atoms with E-state index in [1.165, 1.54) is 5.56 Å². The van der Waals surface area contributed by atoms with Crippen LogP contribution in [0, 0.1) is 6.92 Å². The molecule has 2 rings (SSSR count). The highest BCUT2D eigenvalue weighted by atomic mass is 16.2. The largest absolute Gasteiger partial charge is 0.335 e. The zero-order valence-corrected chi connectivity index (χ0v) is 12.6. The van der Waals surface area contributed by atoms with Crippen LogP contribution < -0.4 is 5.73 Å². The summed E-state index contributed by atoms with van der Waals surface area (Å²) in [5.41, 5.74) is 8.30. The van der Waals surface area contributed by atoms with Crippen molar-refractivity contribution in [2.45, 2.75) is 26.9 Å². The van der Waals surface area contributed by atoms with Gasteiger partial charge in [0.2, 0.25) is 0 Å². The molecule has 0 aliphatic carbocycles. The topological polar surface area (TPSA) is 64.2 Å². The van der Waals surface area contributed by atoms with Crippen molar-refractivity contribution in [3.63, 3.8) is 0 Å². The van der Waals surface area contributed by atoms with Crippen molar-refractivity contribution in [1.29, 1.82) is 0 Å². The van der Waals surface area contributed by atoms with Crippen LogP contribution in [0.3, 0.4) is 0 Å². The van der Waals surface area contributed by atoms with E-state index in [0.717, 1.165) is 5.56 Å². The molecule has 0 unspecified atom stereocenters. The molecule has 0 aliphatic heterocycles. The molecule has 21 heavy (non-hydrogen) atoms. The summed E-state index contributed by atoms with van der Waals surface area (Å²) in [6, 6.07) is 8.20. The van der Waals surface area contributed by atoms with Crippen LogP contribution in [0.5, 0.6) is 0 Å². The Morgan fingerprint density at radius 2 is 2.24 bits per heavy atom. The highest BCUT2D eigenvalue weighted by Crippen LogP contribution is 2.10. The van der Waals surface area contributed by atoms with Gasteiger partial charge in [-0.15, -0.1) is 0 Å². The standard InChI is InChI=1S/C16H22N4O/c1-3-20(10-14-6-4-5-13(2)9-14)16(21)15-11-19(8-7-17)12-18-15/h4-6,9,11-12H,3,7-8,10,17H2,1-2H3. The zero-order valence-electron chi connectivity index (χ0n) is 12.6. The first-order chi connectivity index (χ1) is 10.1. The lowest BCUT2D eigenvalue weighted by Gasteiger charge is -2.20. The van der Waals surface area contributed by atoms with Gasteiger partial charge in [0, 0.05) is 32.4 Å². The number of aryl methyl sites for hydroxylation is 1. The second-order valence-corrected chi connectivity index (χ2v) is 5.09. The zero-order chi connectivity index (χ0) is 15.2. The molecule has 2 N–H and O–H groups in total. The molecule has 112 valence electrons. The van der Waals surface area contributed by atoms with Crippen molar-refractivity contribution in [2.24, 2.45) is 5.73 Å². The molecular weight excluding hydrogens is 264 g/mol. The van der Waals surface area contributed by atoms with Crippen LogP contribution in [-0.2, 0) is 13.1 Å². The fraction of sp³-hybridized carbons (Fsp3) is 0.375. The van der Waals surface area contributed by atoms with Gasteiger partial charge in [-0.05, 0) is 19.4 Å². The number of carbonyl (C=O) groups excluding carboxylic acids is 1. The maximum absolute atomic E-state index is 12.5. The number of nitrogens with zero attached hydrogens (tertiary/aromatic N) is 3. The van der Waals surface area contributed by atoms with Crippen LogP contribution in [0.2, 0.25) is 0 Å². The van der Waals surface area contributed by atoms with Crippen LogP contribution in [0.4, 0.5) is 0 Å². The molecule has 0 saturated carbocycles. The summed E-state index contributed by atoms with van der Waals surface area (Å²) in [5.74, 6) is -0.0465. The molecule has 0 atom stereocenters. The van der Waals surface area contributed by atoms with Gasteiger partial charge in [-0.2, -0.15) is 0 Å². The number of amides is 1. The van der Waals surface area contributed by atoms with Crippen molar-refractivity contribution in [3.05, 3.63) is 53.6 Å². The average Bonchev–Trinajstić information content (AvgIpc) is 2.93. The van der Waals surface area contributed by atoms with Crippen molar-refractivity contribution >= 4 is 5.91 Å². The number of carbonyl (C=O) groups is 1. The molecule has 0 bridgehead atoms. The minimum Gasteiger partial charge on any atom is -0.335 e. The molecule has 1 amide bonds. The van der Waals surface area contributed by atoms with Gasteiger partial charge < -0.3 is 15.2 Å². The molecule has 1 aromatic heterocycles. The fourth-order valence-corrected chi connectivity index (χ4v) is 2.26. The monoisotopic (exact) mass is 286 g/mol. The Morgan fingerprint density at radius 1 is 1.43 bits per heavy atom. The molecule has 0 saturated heterocycles. The summed E-state index contributed by atoms with van der Waals surface area (Å²) in [7, 11) is 0. The minimum absolute atomic E-state index is 0.0465. The predicted molar refractivity (Wildman–Crippen MR) is 82.9 cm³/mol. The highest BCUT2D eigenvalue weighted by Gasteiger charge is 2.17. The lowest BCUT2D eigenvalue weighted by molar-refractivity contribution is 0.0747. The lowest BCUT2D eigenvalue weighted by Crippen LogP contribution is -2.30. The van der Waals surface area contributed by atoms with Crippen molar-refractivity contribution in [1.82, 2.24) is 14.5 Å². The summed E-state index contributed by atoms with van der Waals surface area (Å²) < 4.78 is 1.84. The maximum Gasteiger partial charge on any atom is 0.274 e. The first kappa shape index (κ1) is 15.3. The van der Waals surface area contributed by atoms with Crippen molar-refractivity contribution in [3.8, 4) is 0 Å². The molecule has 1 heterocycles. The second kappa shape index (κ2) is 7.04. The Bertz CT molecular complexity index is 606. The fourth-order valence-electron chi connectivity index (χ4n) is 2.26. The van der Waals surface area contributed by atoms with Crippen molar-refractivity contribution < 1.29 is 4.79 Å². The van der Waals surface area contributed by atoms with E-state index in [1.54, 1.807) is 17.4 Å². The maximum atomic E-state index is 12.5. The van der Waals surface area contributed by atoms with Gasteiger partial charge in [-0.1, -0.05) is 29.8 Å². The molecule has 2 aromatic rings. The summed E-state index contributed by atoms with van der Waals surface area (Å²) in [6.07, 6.45) is 3.41. The Labute approximate surface area is 125 Å². The minimum atomic E-state index is -0.0465. The molecule has 0 spiro atoms. The average molecular weight is 286 g/mol. The van der Waals surface area contributed by atoms with Gasteiger partial charge in [-0.3, -0.25) is 4.79 Å². The number of benzene rings is 1. The summed E-state index contributed by atoms with van der Waals surface area (Å²) in [5, 5.41) is 0. The molecule has 1 aromatic carbocycles. The predicted octanol–water partition coefficient (Wildman–Crippen LogP) is 1.81. The third-order valence-electron chi connectivity index (χ3n) is 3.36. The number of rotatable bonds is 6. The second-order valence-electron chi connectivity index (χ2n) is 5.09. The van der Waals surface area contributed by atoms with E-state index in [-0.39, 0.29) is 5.91 Å². The van der Waals surface area contributed by atoms with E-state index in [9.17, 15) is 4.79 Å². The molecule has 0 radical (unpaired) electrons. The Balaban J connectivity index is 2.10. The SMILES string of the molecule is CCN(Cc1cccc(C)c1)C(=O)c1cn(CCN)cn1. The first-order valence-corrected chi connectivity index (χ1v) is 7.20. The van der Waals surface area contributed by atoms with Crippen LogP contribution in [0.15, 0.2) is 36.8 Å². The molecular formula is C16H22N4O. The highest BCUT2D eigenvalue weighted by molar-refractivity contribution is 5.92. The van der Waals surface area contributed by atoms with Gasteiger partial charge in [0.05, 0.1) is 6.33 Å². The van der Waals surface area contributed by atoms with Gasteiger partial charge >= 0.3 is 0 Å². The van der Waals surface area contributed by atoms with Gasteiger partial charge in [0.15, 0.2) is 0 Å². The van der Waals surface area contributed by atoms with E-state index in [2.05, 4.69) is 24.0 Å². The smallest absolute Gasteiger partial charge is 0.274 e. The van der Waals surface area contributed by atoms with Gasteiger partial charge in [0.25, 0.3) is 5.91 Å². The molecule has 0 aliphatic rings. The van der Waals surface area contributed by atoms with Crippen LogP contribution >= 0.6 is 0 Å². The van der Waals surface area contributed by atoms with Gasteiger partial charge in [0.1, 0.15) is 5.69 Å². The quantitative estimate of drug-likeness (QED) is 0.881. The van der Waals surface area contributed by atoms with E-state index >= 15 is 0 Å². The summed E-state index contributed by atoms with van der Waals surface area (Å²) in [6.45, 7) is 6.48. The van der Waals surface area contributed by atoms with E-state index < -0.39 is 0 Å². The first-order valence-electron chi connectivity index (χ1n) is 7.20. The van der Waals surface area contributed by atoms with E-state index in [4.69, 9.17) is 5.73 Å². The third-order valence-corrected chi connectivity index (χ3v) is 3.36. The molecule has 5 nitrogen and oxygen atoms in total. The number of imidazole rings is 1. The Morgan fingerprint density at radius 3 is 2.90 bits per heavy atom. The van der Waals surface area contributed by atoms with Crippen molar-refractivity contribution in [2.75, 3.05) is 13.1 Å².